The molecule has 0 bridgehead atoms. The molecule has 0 amide bonds. The number of aliphatic carboxylic acids is 1. The number of carboxylic acids is 1. The summed E-state index contributed by atoms with van der Waals surface area (Å²) in [4.78, 5) is 11.8. The number of hydrogen-bond donors (Lipinski definition) is 3. The van der Waals surface area contributed by atoms with Crippen LogP contribution in [0.2, 0.25) is 0 Å². The SMILES string of the molecule is CCCC(C(=O)O)C(Cc1ccc(C2=CCCNC2)cc1)c1nn[nH]n1. The van der Waals surface area contributed by atoms with Crippen LogP contribution in [0.3, 0.4) is 0 Å². The summed E-state index contributed by atoms with van der Waals surface area (Å²) in [6.45, 7) is 3.91. The molecule has 2 unspecified atom stereocenters. The van der Waals surface area contributed by atoms with Gasteiger partial charge in [-0.1, -0.05) is 48.9 Å². The van der Waals surface area contributed by atoms with Gasteiger partial charge in [-0.25, -0.2) is 0 Å². The van der Waals surface area contributed by atoms with Gasteiger partial charge in [-0.2, -0.15) is 5.21 Å². The molecule has 7 heteroatoms. The minimum Gasteiger partial charge on any atom is -0.481 e. The molecule has 2 aromatic rings. The Morgan fingerprint density at radius 3 is 2.69 bits per heavy atom. The standard InChI is InChI=1S/C19H25N5O2/c1-2-4-16(19(25)26)17(18-21-23-24-22-18)11-13-6-8-14(9-7-13)15-5-3-10-20-12-15/h5-9,16-17,20H,2-4,10-12H2,1H3,(H,25,26)(H,21,22,23,24). The summed E-state index contributed by atoms with van der Waals surface area (Å²) in [6, 6.07) is 8.36. The molecule has 0 aliphatic carbocycles. The van der Waals surface area contributed by atoms with E-state index in [9.17, 15) is 9.90 Å². The Balaban J connectivity index is 1.80. The minimum absolute atomic E-state index is 0.299. The van der Waals surface area contributed by atoms with Crippen molar-refractivity contribution >= 4 is 11.5 Å². The largest absolute Gasteiger partial charge is 0.481 e. The van der Waals surface area contributed by atoms with Crippen LogP contribution in [-0.4, -0.2) is 44.8 Å². The molecule has 2 heterocycles. The monoisotopic (exact) mass is 355 g/mol. The van der Waals surface area contributed by atoms with Gasteiger partial charge in [0.2, 0.25) is 0 Å². The van der Waals surface area contributed by atoms with Crippen molar-refractivity contribution in [3.8, 4) is 0 Å². The second-order valence-corrected chi connectivity index (χ2v) is 6.71. The van der Waals surface area contributed by atoms with Crippen molar-refractivity contribution in [3.05, 3.63) is 47.3 Å². The van der Waals surface area contributed by atoms with E-state index in [0.29, 0.717) is 18.7 Å². The van der Waals surface area contributed by atoms with Gasteiger partial charge in [0.25, 0.3) is 0 Å². The van der Waals surface area contributed by atoms with Crippen molar-refractivity contribution < 1.29 is 9.90 Å². The molecule has 1 aromatic heterocycles. The van der Waals surface area contributed by atoms with Crippen molar-refractivity contribution in [2.45, 2.75) is 38.5 Å². The first-order chi connectivity index (χ1) is 12.7. The summed E-state index contributed by atoms with van der Waals surface area (Å²) in [5, 5.41) is 27.2. The molecule has 0 saturated carbocycles. The number of nitrogens with zero attached hydrogens (tertiary/aromatic N) is 3. The maximum absolute atomic E-state index is 11.8. The zero-order chi connectivity index (χ0) is 18.4. The van der Waals surface area contributed by atoms with Gasteiger partial charge < -0.3 is 10.4 Å². The Kier molecular flexibility index (Phi) is 6.12. The van der Waals surface area contributed by atoms with Gasteiger partial charge in [0, 0.05) is 12.5 Å². The lowest BCUT2D eigenvalue weighted by molar-refractivity contribution is -0.142. The summed E-state index contributed by atoms with van der Waals surface area (Å²) in [5.74, 6) is -1.17. The molecular weight excluding hydrogens is 330 g/mol. The molecule has 138 valence electrons. The van der Waals surface area contributed by atoms with E-state index in [1.54, 1.807) is 0 Å². The number of rotatable bonds is 8. The van der Waals surface area contributed by atoms with Crippen molar-refractivity contribution in [2.24, 2.45) is 5.92 Å². The molecule has 3 N–H and O–H groups in total. The smallest absolute Gasteiger partial charge is 0.307 e. The average Bonchev–Trinajstić information content (AvgIpc) is 3.20. The lowest BCUT2D eigenvalue weighted by atomic mass is 9.83. The fourth-order valence-corrected chi connectivity index (χ4v) is 3.52. The molecule has 7 nitrogen and oxygen atoms in total. The molecule has 3 rings (SSSR count). The summed E-state index contributed by atoms with van der Waals surface area (Å²) in [7, 11) is 0. The Morgan fingerprint density at radius 2 is 2.12 bits per heavy atom. The van der Waals surface area contributed by atoms with Crippen LogP contribution in [-0.2, 0) is 11.2 Å². The number of hydrogen-bond acceptors (Lipinski definition) is 5. The van der Waals surface area contributed by atoms with Gasteiger partial charge in [-0.3, -0.25) is 4.79 Å². The number of H-pyrrole nitrogens is 1. The molecule has 2 atom stereocenters. The lowest BCUT2D eigenvalue weighted by Crippen LogP contribution is -2.25. The number of aromatic amines is 1. The van der Waals surface area contributed by atoms with Gasteiger partial charge in [-0.05, 0) is 42.5 Å². The normalized spacial score (nSPS) is 16.7. The number of carbonyl (C=O) groups is 1. The number of benzene rings is 1. The number of carboxylic acid groups (broad SMARTS) is 1. The van der Waals surface area contributed by atoms with Crippen molar-refractivity contribution in [1.29, 1.82) is 0 Å². The van der Waals surface area contributed by atoms with Crippen LogP contribution in [0.25, 0.3) is 5.57 Å². The van der Waals surface area contributed by atoms with Crippen LogP contribution in [0.4, 0.5) is 0 Å². The zero-order valence-electron chi connectivity index (χ0n) is 15.0. The Bertz CT molecular complexity index is 740. The highest BCUT2D eigenvalue weighted by Crippen LogP contribution is 2.30. The predicted molar refractivity (Wildman–Crippen MR) is 98.6 cm³/mol. The Morgan fingerprint density at radius 1 is 1.31 bits per heavy atom. The highest BCUT2D eigenvalue weighted by molar-refractivity contribution is 5.71. The highest BCUT2D eigenvalue weighted by atomic mass is 16.4. The third kappa shape index (κ3) is 4.35. The first kappa shape index (κ1) is 18.3. The van der Waals surface area contributed by atoms with E-state index in [1.165, 1.54) is 11.1 Å². The van der Waals surface area contributed by atoms with Crippen LogP contribution >= 0.6 is 0 Å². The van der Waals surface area contributed by atoms with Crippen LogP contribution < -0.4 is 5.32 Å². The maximum atomic E-state index is 11.8. The predicted octanol–water partition coefficient (Wildman–Crippen LogP) is 2.40. The van der Waals surface area contributed by atoms with Gasteiger partial charge in [-0.15, -0.1) is 10.2 Å². The van der Waals surface area contributed by atoms with E-state index in [1.807, 2.05) is 6.92 Å². The molecule has 0 spiro atoms. The van der Waals surface area contributed by atoms with Gasteiger partial charge >= 0.3 is 5.97 Å². The van der Waals surface area contributed by atoms with Crippen LogP contribution in [0.15, 0.2) is 30.3 Å². The second-order valence-electron chi connectivity index (χ2n) is 6.71. The van der Waals surface area contributed by atoms with E-state index in [4.69, 9.17) is 0 Å². The Hall–Kier alpha value is -2.54. The van der Waals surface area contributed by atoms with Crippen LogP contribution in [0.1, 0.15) is 49.1 Å². The van der Waals surface area contributed by atoms with E-state index >= 15 is 0 Å². The molecule has 0 fully saturated rings. The van der Waals surface area contributed by atoms with Crippen molar-refractivity contribution in [2.75, 3.05) is 13.1 Å². The lowest BCUT2D eigenvalue weighted by Gasteiger charge is -2.21. The first-order valence-corrected chi connectivity index (χ1v) is 9.14. The third-order valence-corrected chi connectivity index (χ3v) is 4.90. The van der Waals surface area contributed by atoms with E-state index in [0.717, 1.165) is 31.5 Å². The van der Waals surface area contributed by atoms with Crippen LogP contribution in [0.5, 0.6) is 0 Å². The van der Waals surface area contributed by atoms with Crippen LogP contribution in [0, 0.1) is 5.92 Å². The van der Waals surface area contributed by atoms with Gasteiger partial charge in [0.1, 0.15) is 0 Å². The molecular formula is C19H25N5O2. The maximum Gasteiger partial charge on any atom is 0.307 e. The second kappa shape index (κ2) is 8.71. The molecule has 26 heavy (non-hydrogen) atoms. The zero-order valence-corrected chi connectivity index (χ0v) is 15.0. The topological polar surface area (TPSA) is 104 Å². The summed E-state index contributed by atoms with van der Waals surface area (Å²) >= 11 is 0. The molecule has 0 radical (unpaired) electrons. The Labute approximate surface area is 152 Å². The van der Waals surface area contributed by atoms with Crippen molar-refractivity contribution in [1.82, 2.24) is 25.9 Å². The van der Waals surface area contributed by atoms with E-state index < -0.39 is 11.9 Å². The minimum atomic E-state index is -0.809. The van der Waals surface area contributed by atoms with E-state index in [-0.39, 0.29) is 5.92 Å². The van der Waals surface area contributed by atoms with Gasteiger partial charge in [0.15, 0.2) is 5.82 Å². The third-order valence-electron chi connectivity index (χ3n) is 4.90. The fourth-order valence-electron chi connectivity index (χ4n) is 3.52. The summed E-state index contributed by atoms with van der Waals surface area (Å²) < 4.78 is 0. The molecule has 1 aliphatic rings. The molecule has 1 aliphatic heterocycles. The first-order valence-electron chi connectivity index (χ1n) is 9.14. The number of aromatic nitrogens is 4. The quantitative estimate of drug-likeness (QED) is 0.672. The van der Waals surface area contributed by atoms with Crippen molar-refractivity contribution in [3.63, 3.8) is 0 Å². The number of tetrazole rings is 1. The summed E-state index contributed by atoms with van der Waals surface area (Å²) in [5.41, 5.74) is 3.60. The summed E-state index contributed by atoms with van der Waals surface area (Å²) in [6.07, 6.45) is 5.29. The molecule has 0 saturated heterocycles. The van der Waals surface area contributed by atoms with E-state index in [2.05, 4.69) is 56.3 Å². The van der Waals surface area contributed by atoms with Gasteiger partial charge in [0.05, 0.1) is 5.92 Å². The average molecular weight is 355 g/mol. The highest BCUT2D eigenvalue weighted by Gasteiger charge is 2.31. The number of nitrogens with one attached hydrogen (secondary N) is 2. The molecule has 1 aromatic carbocycles. The fraction of sp³-hybridized carbons (Fsp3) is 0.474.